The average molecular weight is 300 g/mol. The molecule has 0 bridgehead atoms. The summed E-state index contributed by atoms with van der Waals surface area (Å²) in [6.45, 7) is 4.49. The zero-order chi connectivity index (χ0) is 12.8. The van der Waals surface area contributed by atoms with Gasteiger partial charge in [-0.1, -0.05) is 54.0 Å². The molecule has 0 saturated carbocycles. The van der Waals surface area contributed by atoms with Crippen LogP contribution in [0.5, 0.6) is 0 Å². The first-order valence-corrected chi connectivity index (χ1v) is 6.56. The van der Waals surface area contributed by atoms with Crippen molar-refractivity contribution >= 4 is 21.8 Å². The molecule has 0 saturated heterocycles. The monoisotopic (exact) mass is 299 g/mol. The Labute approximate surface area is 110 Å². The summed E-state index contributed by atoms with van der Waals surface area (Å²) < 4.78 is 0. The predicted molar refractivity (Wildman–Crippen MR) is 71.8 cm³/mol. The number of carbonyl (C=O) groups excluding carboxylic acids is 1. The van der Waals surface area contributed by atoms with E-state index in [1.54, 1.807) is 0 Å². The maximum absolute atomic E-state index is 11.7. The third-order valence-corrected chi connectivity index (χ3v) is 3.95. The van der Waals surface area contributed by atoms with E-state index in [-0.39, 0.29) is 23.3 Å². The number of hydrogen-bond donors (Lipinski definition) is 2. The Bertz CT molecular complexity index is 379. The number of benzene rings is 1. The smallest absolute Gasteiger partial charge is 0.234 e. The molecule has 1 aromatic carbocycles. The predicted octanol–water partition coefficient (Wildman–Crippen LogP) is 2.21. The fraction of sp³-hybridized carbons (Fsp3) is 0.462. The quantitative estimate of drug-likeness (QED) is 0.819. The lowest BCUT2D eigenvalue weighted by Crippen LogP contribution is -2.33. The molecule has 0 aliphatic heterocycles. The molecule has 3 nitrogen and oxygen atoms in total. The molecule has 0 fully saturated rings. The summed E-state index contributed by atoms with van der Waals surface area (Å²) in [7, 11) is 0. The summed E-state index contributed by atoms with van der Waals surface area (Å²) in [4.78, 5) is 11.5. The Morgan fingerprint density at radius 2 is 2.06 bits per heavy atom. The number of aliphatic hydroxyl groups excluding tert-OH is 1. The molecule has 1 aromatic rings. The molecule has 17 heavy (non-hydrogen) atoms. The number of rotatable bonds is 5. The van der Waals surface area contributed by atoms with Gasteiger partial charge in [0.1, 0.15) is 0 Å². The van der Waals surface area contributed by atoms with Crippen LogP contribution in [0.3, 0.4) is 0 Å². The van der Waals surface area contributed by atoms with E-state index in [4.69, 9.17) is 5.11 Å². The van der Waals surface area contributed by atoms with Gasteiger partial charge in [-0.3, -0.25) is 4.79 Å². The average Bonchev–Trinajstić information content (AvgIpc) is 2.35. The third kappa shape index (κ3) is 4.48. The lowest BCUT2D eigenvalue weighted by Gasteiger charge is -2.14. The molecule has 1 unspecified atom stereocenters. The Balaban J connectivity index is 2.52. The minimum atomic E-state index is -0.163. The van der Waals surface area contributed by atoms with Gasteiger partial charge in [0.25, 0.3) is 0 Å². The highest BCUT2D eigenvalue weighted by molar-refractivity contribution is 9.10. The number of hydrogen-bond acceptors (Lipinski definition) is 2. The highest BCUT2D eigenvalue weighted by Crippen LogP contribution is 2.12. The van der Waals surface area contributed by atoms with Gasteiger partial charge in [0.15, 0.2) is 0 Å². The topological polar surface area (TPSA) is 49.3 Å². The Hall–Kier alpha value is -0.870. The standard InChI is InChI=1S/C13H18BrNO2/c1-9(2)12(14)13(17)15-7-10-4-3-5-11(6-10)8-16/h3-6,9,12,16H,7-8H2,1-2H3,(H,15,17). The molecule has 0 heterocycles. The van der Waals surface area contributed by atoms with E-state index < -0.39 is 0 Å². The van der Waals surface area contributed by atoms with Crippen molar-refractivity contribution in [3.63, 3.8) is 0 Å². The molecule has 1 amide bonds. The zero-order valence-corrected chi connectivity index (χ0v) is 11.7. The highest BCUT2D eigenvalue weighted by atomic mass is 79.9. The number of halogens is 1. The van der Waals surface area contributed by atoms with E-state index in [2.05, 4.69) is 21.2 Å². The molecule has 0 aromatic heterocycles. The minimum absolute atomic E-state index is 0.00518. The summed E-state index contributed by atoms with van der Waals surface area (Å²) in [6.07, 6.45) is 0. The molecule has 1 rings (SSSR count). The minimum Gasteiger partial charge on any atom is -0.392 e. The number of aliphatic hydroxyl groups is 1. The fourth-order valence-electron chi connectivity index (χ4n) is 1.43. The molecule has 1 atom stereocenters. The third-order valence-electron chi connectivity index (χ3n) is 2.48. The largest absolute Gasteiger partial charge is 0.392 e. The van der Waals surface area contributed by atoms with Crippen LogP contribution in [0.4, 0.5) is 0 Å². The second-order valence-corrected chi connectivity index (χ2v) is 5.33. The van der Waals surface area contributed by atoms with Crippen LogP contribution in [0.15, 0.2) is 24.3 Å². The Kier molecular flexibility index (Phi) is 5.65. The number of amides is 1. The van der Waals surface area contributed by atoms with Crippen molar-refractivity contribution in [3.8, 4) is 0 Å². The fourth-order valence-corrected chi connectivity index (χ4v) is 1.59. The summed E-state index contributed by atoms with van der Waals surface area (Å²) in [6, 6.07) is 7.55. The maximum atomic E-state index is 11.7. The lowest BCUT2D eigenvalue weighted by atomic mass is 10.1. The van der Waals surface area contributed by atoms with Gasteiger partial charge in [0, 0.05) is 6.54 Å². The van der Waals surface area contributed by atoms with Gasteiger partial charge in [-0.15, -0.1) is 0 Å². The van der Waals surface area contributed by atoms with E-state index in [1.807, 2.05) is 38.1 Å². The number of nitrogens with one attached hydrogen (secondary N) is 1. The maximum Gasteiger partial charge on any atom is 0.234 e. The van der Waals surface area contributed by atoms with Crippen LogP contribution in [0.25, 0.3) is 0 Å². The van der Waals surface area contributed by atoms with E-state index in [9.17, 15) is 4.79 Å². The molecule has 0 aliphatic rings. The van der Waals surface area contributed by atoms with Crippen molar-refractivity contribution in [1.82, 2.24) is 5.32 Å². The summed E-state index contributed by atoms with van der Waals surface area (Å²) in [5.41, 5.74) is 1.85. The molecule has 2 N–H and O–H groups in total. The molecular weight excluding hydrogens is 282 g/mol. The lowest BCUT2D eigenvalue weighted by molar-refractivity contribution is -0.121. The second kappa shape index (κ2) is 6.77. The molecule has 94 valence electrons. The van der Waals surface area contributed by atoms with Gasteiger partial charge in [-0.05, 0) is 17.0 Å². The number of carbonyl (C=O) groups is 1. The molecule has 4 heteroatoms. The van der Waals surface area contributed by atoms with Crippen molar-refractivity contribution in [2.75, 3.05) is 0 Å². The van der Waals surface area contributed by atoms with Gasteiger partial charge in [-0.2, -0.15) is 0 Å². The zero-order valence-electron chi connectivity index (χ0n) is 10.1. The van der Waals surface area contributed by atoms with Gasteiger partial charge in [0.2, 0.25) is 5.91 Å². The van der Waals surface area contributed by atoms with Crippen molar-refractivity contribution in [2.45, 2.75) is 31.8 Å². The van der Waals surface area contributed by atoms with Crippen molar-refractivity contribution < 1.29 is 9.90 Å². The summed E-state index contributed by atoms with van der Waals surface area (Å²) in [5, 5.41) is 11.9. The van der Waals surface area contributed by atoms with Crippen molar-refractivity contribution in [1.29, 1.82) is 0 Å². The first kappa shape index (κ1) is 14.2. The van der Waals surface area contributed by atoms with E-state index >= 15 is 0 Å². The van der Waals surface area contributed by atoms with E-state index in [1.165, 1.54) is 0 Å². The van der Waals surface area contributed by atoms with Gasteiger partial charge < -0.3 is 10.4 Å². The first-order chi connectivity index (χ1) is 8.04. The van der Waals surface area contributed by atoms with Crippen LogP contribution in [0.2, 0.25) is 0 Å². The van der Waals surface area contributed by atoms with E-state index in [0.29, 0.717) is 6.54 Å². The van der Waals surface area contributed by atoms with Crippen LogP contribution in [0, 0.1) is 5.92 Å². The van der Waals surface area contributed by atoms with E-state index in [0.717, 1.165) is 11.1 Å². The summed E-state index contributed by atoms with van der Waals surface area (Å²) in [5.74, 6) is 0.258. The van der Waals surface area contributed by atoms with Gasteiger partial charge >= 0.3 is 0 Å². The Morgan fingerprint density at radius 3 is 2.65 bits per heavy atom. The second-order valence-electron chi connectivity index (χ2n) is 4.34. The van der Waals surface area contributed by atoms with Crippen LogP contribution in [-0.4, -0.2) is 15.8 Å². The first-order valence-electron chi connectivity index (χ1n) is 5.65. The molecular formula is C13H18BrNO2. The van der Waals surface area contributed by atoms with Crippen molar-refractivity contribution in [2.24, 2.45) is 5.92 Å². The molecule has 0 radical (unpaired) electrons. The van der Waals surface area contributed by atoms with Gasteiger partial charge in [0.05, 0.1) is 11.4 Å². The Morgan fingerprint density at radius 1 is 1.41 bits per heavy atom. The van der Waals surface area contributed by atoms with Crippen LogP contribution in [-0.2, 0) is 17.9 Å². The number of alkyl halides is 1. The summed E-state index contributed by atoms with van der Waals surface area (Å²) >= 11 is 3.36. The van der Waals surface area contributed by atoms with Crippen LogP contribution in [0.1, 0.15) is 25.0 Å². The SMILES string of the molecule is CC(C)C(Br)C(=O)NCc1cccc(CO)c1. The van der Waals surface area contributed by atoms with Crippen LogP contribution < -0.4 is 5.32 Å². The normalized spacial score (nSPS) is 12.5. The molecule has 0 spiro atoms. The van der Waals surface area contributed by atoms with Crippen LogP contribution >= 0.6 is 15.9 Å². The van der Waals surface area contributed by atoms with Crippen molar-refractivity contribution in [3.05, 3.63) is 35.4 Å². The highest BCUT2D eigenvalue weighted by Gasteiger charge is 2.17. The van der Waals surface area contributed by atoms with Gasteiger partial charge in [-0.25, -0.2) is 0 Å². The molecule has 0 aliphatic carbocycles.